The van der Waals surface area contributed by atoms with E-state index in [0.29, 0.717) is 12.8 Å². The average Bonchev–Trinajstić information content (AvgIpc) is 2.56. The largest absolute Gasteiger partial charge is 0.340 e. The van der Waals surface area contributed by atoms with Crippen molar-refractivity contribution in [2.24, 2.45) is 0 Å². The van der Waals surface area contributed by atoms with Crippen molar-refractivity contribution in [2.75, 3.05) is 23.0 Å². The topological polar surface area (TPSA) is 84.9 Å². The van der Waals surface area contributed by atoms with Crippen molar-refractivity contribution in [2.45, 2.75) is 24.9 Å². The van der Waals surface area contributed by atoms with Gasteiger partial charge in [-0.15, -0.1) is 0 Å². The Kier molecular flexibility index (Phi) is 2.81. The second-order valence-electron chi connectivity index (χ2n) is 4.52. The minimum Gasteiger partial charge on any atom is -0.340 e. The maximum atomic E-state index is 11.2. The number of nitrogens with two attached hydrogens (primary N) is 1. The average molecular weight is 254 g/mol. The smallest absolute Gasteiger partial charge is 0.156 e. The fraction of sp³-hybridized carbons (Fsp3) is 1.00. The van der Waals surface area contributed by atoms with E-state index in [9.17, 15) is 16.8 Å². The van der Waals surface area contributed by atoms with E-state index in [1.807, 2.05) is 5.32 Å². The second-order valence-corrected chi connectivity index (χ2v) is 8.98. The molecular formula is C8H16NO4S2+. The van der Waals surface area contributed by atoms with Gasteiger partial charge in [-0.3, -0.25) is 0 Å². The summed E-state index contributed by atoms with van der Waals surface area (Å²) in [7, 11) is -5.69. The number of hydrogen-bond acceptors (Lipinski definition) is 4. The minimum atomic E-state index is -2.85. The highest BCUT2D eigenvalue weighted by Gasteiger charge is 2.36. The Labute approximate surface area is 90.1 Å². The van der Waals surface area contributed by atoms with E-state index >= 15 is 0 Å². The van der Waals surface area contributed by atoms with E-state index < -0.39 is 19.7 Å². The van der Waals surface area contributed by atoms with Crippen LogP contribution >= 0.6 is 0 Å². The maximum Gasteiger partial charge on any atom is 0.156 e. The molecule has 2 rings (SSSR count). The standard InChI is InChI=1S/C8H15NO4S2/c10-14(11)3-1-7(5-14)9-8-2-4-15(12,13)6-8/h7-9H,1-6H2/p+1. The predicted molar refractivity (Wildman–Crippen MR) is 56.0 cm³/mol. The highest BCUT2D eigenvalue weighted by atomic mass is 32.2. The van der Waals surface area contributed by atoms with Crippen LogP contribution in [0.5, 0.6) is 0 Å². The lowest BCUT2D eigenvalue weighted by molar-refractivity contribution is -0.712. The molecule has 0 aromatic carbocycles. The molecule has 0 spiro atoms. The fourth-order valence-electron chi connectivity index (χ4n) is 2.34. The first kappa shape index (κ1) is 11.3. The second kappa shape index (κ2) is 3.71. The van der Waals surface area contributed by atoms with Crippen LogP contribution < -0.4 is 5.32 Å². The lowest BCUT2D eigenvalue weighted by Crippen LogP contribution is -2.95. The molecule has 0 aliphatic carbocycles. The van der Waals surface area contributed by atoms with Crippen molar-refractivity contribution >= 4 is 19.7 Å². The summed E-state index contributed by atoms with van der Waals surface area (Å²) in [6.07, 6.45) is 1.33. The van der Waals surface area contributed by atoms with Crippen molar-refractivity contribution in [3.05, 3.63) is 0 Å². The van der Waals surface area contributed by atoms with Crippen LogP contribution in [0.1, 0.15) is 12.8 Å². The molecule has 2 saturated heterocycles. The first-order chi connectivity index (χ1) is 6.86. The molecule has 0 aromatic rings. The van der Waals surface area contributed by atoms with Gasteiger partial charge in [0.2, 0.25) is 0 Å². The summed E-state index contributed by atoms with van der Waals surface area (Å²) in [5.74, 6) is 0.939. The van der Waals surface area contributed by atoms with E-state index in [0.717, 1.165) is 0 Å². The van der Waals surface area contributed by atoms with Crippen LogP contribution in [0.15, 0.2) is 0 Å². The summed E-state index contributed by atoms with van der Waals surface area (Å²) in [4.78, 5) is 0. The molecule has 0 aromatic heterocycles. The number of rotatable bonds is 2. The summed E-state index contributed by atoms with van der Waals surface area (Å²) < 4.78 is 44.8. The van der Waals surface area contributed by atoms with E-state index in [2.05, 4.69) is 0 Å². The van der Waals surface area contributed by atoms with Crippen LogP contribution in [0.25, 0.3) is 0 Å². The van der Waals surface area contributed by atoms with Gasteiger partial charge in [0.1, 0.15) is 23.6 Å². The van der Waals surface area contributed by atoms with E-state index in [4.69, 9.17) is 0 Å². The molecule has 0 saturated carbocycles. The predicted octanol–water partition coefficient (Wildman–Crippen LogP) is -2.08. The Balaban J connectivity index is 1.90. The van der Waals surface area contributed by atoms with Crippen LogP contribution in [-0.2, 0) is 19.7 Å². The third-order valence-electron chi connectivity index (χ3n) is 3.08. The summed E-state index contributed by atoms with van der Waals surface area (Å²) in [5, 5.41) is 1.95. The fourth-order valence-corrected chi connectivity index (χ4v) is 5.85. The van der Waals surface area contributed by atoms with Crippen molar-refractivity contribution in [1.29, 1.82) is 0 Å². The number of hydrogen-bond donors (Lipinski definition) is 1. The van der Waals surface area contributed by atoms with Gasteiger partial charge in [0.05, 0.1) is 11.5 Å². The molecule has 2 N–H and O–H groups in total. The third kappa shape index (κ3) is 2.92. The molecule has 0 amide bonds. The normalized spacial score (nSPS) is 38.1. The molecule has 5 nitrogen and oxygen atoms in total. The van der Waals surface area contributed by atoms with E-state index in [-0.39, 0.29) is 35.1 Å². The Morgan fingerprint density at radius 1 is 0.800 bits per heavy atom. The third-order valence-corrected chi connectivity index (χ3v) is 6.67. The Hall–Kier alpha value is -0.140. The molecule has 0 bridgehead atoms. The molecule has 88 valence electrons. The van der Waals surface area contributed by atoms with Crippen LogP contribution in [0.3, 0.4) is 0 Å². The zero-order valence-electron chi connectivity index (χ0n) is 8.42. The number of sulfone groups is 2. The summed E-state index contributed by atoms with van der Waals surface area (Å²) >= 11 is 0. The summed E-state index contributed by atoms with van der Waals surface area (Å²) in [6, 6.07) is 0.154. The molecule has 2 atom stereocenters. The molecule has 2 fully saturated rings. The molecule has 2 heterocycles. The Bertz CT molecular complexity index is 397. The highest BCUT2D eigenvalue weighted by molar-refractivity contribution is 7.91. The van der Waals surface area contributed by atoms with Crippen LogP contribution in [0.4, 0.5) is 0 Å². The molecule has 2 aliphatic heterocycles. The molecular weight excluding hydrogens is 238 g/mol. The van der Waals surface area contributed by atoms with Gasteiger partial charge >= 0.3 is 0 Å². The molecule has 7 heteroatoms. The van der Waals surface area contributed by atoms with Gasteiger partial charge in [-0.2, -0.15) is 0 Å². The van der Waals surface area contributed by atoms with Crippen LogP contribution in [-0.4, -0.2) is 51.9 Å². The quantitative estimate of drug-likeness (QED) is 0.613. The van der Waals surface area contributed by atoms with Gasteiger partial charge in [-0.05, 0) is 0 Å². The first-order valence-corrected chi connectivity index (χ1v) is 8.76. The lowest BCUT2D eigenvalue weighted by Gasteiger charge is -2.12. The van der Waals surface area contributed by atoms with Crippen molar-refractivity contribution in [3.63, 3.8) is 0 Å². The van der Waals surface area contributed by atoms with Gasteiger partial charge in [0.25, 0.3) is 0 Å². The van der Waals surface area contributed by atoms with E-state index in [1.54, 1.807) is 0 Å². The molecule has 2 unspecified atom stereocenters. The highest BCUT2D eigenvalue weighted by Crippen LogP contribution is 2.11. The van der Waals surface area contributed by atoms with Crippen molar-refractivity contribution in [1.82, 2.24) is 0 Å². The maximum absolute atomic E-state index is 11.2. The SMILES string of the molecule is O=S1(=O)CCC([NH2+]C2CCS(=O)(=O)C2)C1. The Morgan fingerprint density at radius 2 is 1.20 bits per heavy atom. The summed E-state index contributed by atoms with van der Waals surface area (Å²) in [6.45, 7) is 0. The molecule has 0 radical (unpaired) electrons. The zero-order chi connectivity index (χ0) is 11.1. The monoisotopic (exact) mass is 254 g/mol. The molecule has 15 heavy (non-hydrogen) atoms. The number of quaternary nitrogens is 1. The lowest BCUT2D eigenvalue weighted by atomic mass is 10.2. The van der Waals surface area contributed by atoms with Crippen LogP contribution in [0.2, 0.25) is 0 Å². The van der Waals surface area contributed by atoms with Gasteiger partial charge < -0.3 is 5.32 Å². The van der Waals surface area contributed by atoms with E-state index in [1.165, 1.54) is 0 Å². The van der Waals surface area contributed by atoms with Gasteiger partial charge in [-0.1, -0.05) is 0 Å². The molecule has 2 aliphatic rings. The van der Waals surface area contributed by atoms with Gasteiger partial charge in [0, 0.05) is 12.8 Å². The Morgan fingerprint density at radius 3 is 1.47 bits per heavy atom. The van der Waals surface area contributed by atoms with Crippen molar-refractivity contribution in [3.8, 4) is 0 Å². The minimum absolute atomic E-state index is 0.0771. The van der Waals surface area contributed by atoms with Gasteiger partial charge in [-0.25, -0.2) is 16.8 Å². The van der Waals surface area contributed by atoms with Gasteiger partial charge in [0.15, 0.2) is 19.7 Å². The first-order valence-electron chi connectivity index (χ1n) is 5.12. The zero-order valence-corrected chi connectivity index (χ0v) is 10.1. The van der Waals surface area contributed by atoms with Crippen molar-refractivity contribution < 1.29 is 22.2 Å². The summed E-state index contributed by atoms with van der Waals surface area (Å²) in [5.41, 5.74) is 0. The van der Waals surface area contributed by atoms with Crippen LogP contribution in [0, 0.1) is 0 Å².